The molecular formula is C23H30N2O4S. The van der Waals surface area contributed by atoms with Crippen molar-refractivity contribution in [3.8, 4) is 5.75 Å². The summed E-state index contributed by atoms with van der Waals surface area (Å²) in [6.07, 6.45) is 2.96. The fraction of sp³-hybridized carbons (Fsp3) is 0.478. The number of methoxy groups -OCH3 is 1. The summed E-state index contributed by atoms with van der Waals surface area (Å²) in [5.41, 5.74) is 0.624. The van der Waals surface area contributed by atoms with Crippen molar-refractivity contribution in [3.63, 3.8) is 0 Å². The number of hydrogen-bond donors (Lipinski definition) is 1. The number of nitrogens with one attached hydrogen (secondary N) is 1. The molecule has 30 heavy (non-hydrogen) atoms. The zero-order chi connectivity index (χ0) is 21.3. The molecule has 3 rings (SSSR count). The third-order valence-electron chi connectivity index (χ3n) is 5.20. The highest BCUT2D eigenvalue weighted by atomic mass is 32.1. The van der Waals surface area contributed by atoms with Crippen LogP contribution in [0.1, 0.15) is 41.4 Å². The summed E-state index contributed by atoms with van der Waals surface area (Å²) in [4.78, 5) is 27.7. The summed E-state index contributed by atoms with van der Waals surface area (Å²) < 4.78 is 11.0. The number of thiophene rings is 1. The molecule has 162 valence electrons. The summed E-state index contributed by atoms with van der Waals surface area (Å²) in [6.45, 7) is 3.88. The Morgan fingerprint density at radius 1 is 1.20 bits per heavy atom. The minimum absolute atomic E-state index is 0.0730. The summed E-state index contributed by atoms with van der Waals surface area (Å²) >= 11 is 1.70. The number of benzene rings is 1. The monoisotopic (exact) mass is 430 g/mol. The van der Waals surface area contributed by atoms with E-state index >= 15 is 0 Å². The van der Waals surface area contributed by atoms with Gasteiger partial charge in [0.2, 0.25) is 5.91 Å². The van der Waals surface area contributed by atoms with Gasteiger partial charge >= 0.3 is 0 Å². The maximum Gasteiger partial charge on any atom is 0.251 e. The van der Waals surface area contributed by atoms with Crippen LogP contribution in [0.5, 0.6) is 5.75 Å². The Balaban J connectivity index is 1.43. The van der Waals surface area contributed by atoms with Crippen molar-refractivity contribution in [1.29, 1.82) is 0 Å². The number of likely N-dealkylation sites (tertiary alicyclic amines) is 1. The third kappa shape index (κ3) is 6.57. The Bertz CT molecular complexity index is 799. The Morgan fingerprint density at radius 2 is 1.93 bits per heavy atom. The molecule has 7 heteroatoms. The van der Waals surface area contributed by atoms with E-state index < -0.39 is 0 Å². The third-order valence-corrected chi connectivity index (χ3v) is 6.10. The molecule has 0 bridgehead atoms. The van der Waals surface area contributed by atoms with Crippen LogP contribution in [-0.4, -0.2) is 55.7 Å². The Hall–Kier alpha value is -2.38. The highest BCUT2D eigenvalue weighted by Crippen LogP contribution is 2.20. The van der Waals surface area contributed by atoms with Crippen molar-refractivity contribution in [3.05, 3.63) is 52.2 Å². The Labute approximate surface area is 182 Å². The molecule has 1 fully saturated rings. The standard InChI is InChI=1S/C23H30N2O4S/c1-17(16-21-4-3-15-30-21)24-23(27)18-5-7-19(8-6-18)29-20-9-12-25(13-10-20)22(26)11-14-28-2/h3-8,15,17,20H,9-14,16H2,1-2H3,(H,24,27)/t17-/m1/s1. The minimum Gasteiger partial charge on any atom is -0.490 e. The molecule has 1 N–H and O–H groups in total. The minimum atomic E-state index is -0.0755. The second-order valence-electron chi connectivity index (χ2n) is 7.62. The van der Waals surface area contributed by atoms with Crippen LogP contribution in [0.4, 0.5) is 0 Å². The zero-order valence-corrected chi connectivity index (χ0v) is 18.5. The summed E-state index contributed by atoms with van der Waals surface area (Å²) in [5, 5.41) is 5.09. The molecule has 6 nitrogen and oxygen atoms in total. The van der Waals surface area contributed by atoms with Crippen molar-refractivity contribution in [1.82, 2.24) is 10.2 Å². The van der Waals surface area contributed by atoms with Crippen LogP contribution in [-0.2, 0) is 16.0 Å². The van der Waals surface area contributed by atoms with E-state index in [1.807, 2.05) is 35.4 Å². The number of carbonyl (C=O) groups excluding carboxylic acids is 2. The number of amides is 2. The van der Waals surface area contributed by atoms with Crippen molar-refractivity contribution < 1.29 is 19.1 Å². The molecule has 0 radical (unpaired) electrons. The second kappa shape index (κ2) is 11.1. The first kappa shape index (κ1) is 22.3. The van der Waals surface area contributed by atoms with Gasteiger partial charge in [0, 0.05) is 55.9 Å². The van der Waals surface area contributed by atoms with E-state index in [-0.39, 0.29) is 24.0 Å². The van der Waals surface area contributed by atoms with Crippen molar-refractivity contribution >= 4 is 23.2 Å². The average molecular weight is 431 g/mol. The zero-order valence-electron chi connectivity index (χ0n) is 17.6. The van der Waals surface area contributed by atoms with Gasteiger partial charge in [-0.05, 0) is 42.6 Å². The number of hydrogen-bond acceptors (Lipinski definition) is 5. The van der Waals surface area contributed by atoms with Crippen LogP contribution < -0.4 is 10.1 Å². The average Bonchev–Trinajstić information content (AvgIpc) is 3.26. The molecule has 1 saturated heterocycles. The smallest absolute Gasteiger partial charge is 0.251 e. The molecule has 1 aliphatic heterocycles. The topological polar surface area (TPSA) is 67.9 Å². The van der Waals surface area contributed by atoms with Crippen molar-refractivity contribution in [2.24, 2.45) is 0 Å². The van der Waals surface area contributed by atoms with Gasteiger partial charge in [0.1, 0.15) is 11.9 Å². The van der Waals surface area contributed by atoms with Gasteiger partial charge in [-0.2, -0.15) is 0 Å². The lowest BCUT2D eigenvalue weighted by atomic mass is 10.1. The SMILES string of the molecule is COCCC(=O)N1CCC(Oc2ccc(C(=O)N[C@H](C)Cc3cccs3)cc2)CC1. The molecular weight excluding hydrogens is 400 g/mol. The van der Waals surface area contributed by atoms with Gasteiger partial charge in [-0.15, -0.1) is 11.3 Å². The van der Waals surface area contributed by atoms with E-state index in [0.717, 1.165) is 25.0 Å². The molecule has 2 aromatic rings. The molecule has 1 aromatic heterocycles. The van der Waals surface area contributed by atoms with E-state index in [2.05, 4.69) is 11.4 Å². The van der Waals surface area contributed by atoms with Crippen molar-refractivity contribution in [2.75, 3.05) is 26.8 Å². The number of nitrogens with zero attached hydrogens (tertiary/aromatic N) is 1. The summed E-state index contributed by atoms with van der Waals surface area (Å²) in [5.74, 6) is 0.815. The fourth-order valence-corrected chi connectivity index (χ4v) is 4.37. The van der Waals surface area contributed by atoms with E-state index in [4.69, 9.17) is 9.47 Å². The molecule has 1 aliphatic rings. The predicted molar refractivity (Wildman–Crippen MR) is 118 cm³/mol. The maximum atomic E-state index is 12.5. The highest BCUT2D eigenvalue weighted by Gasteiger charge is 2.23. The number of rotatable bonds is 9. The van der Waals surface area contributed by atoms with Gasteiger partial charge < -0.3 is 19.7 Å². The van der Waals surface area contributed by atoms with E-state index in [9.17, 15) is 9.59 Å². The van der Waals surface area contributed by atoms with Crippen LogP contribution in [0.2, 0.25) is 0 Å². The lowest BCUT2D eigenvalue weighted by molar-refractivity contribution is -0.133. The lowest BCUT2D eigenvalue weighted by Crippen LogP contribution is -2.42. The molecule has 1 aromatic carbocycles. The van der Waals surface area contributed by atoms with Crippen LogP contribution in [0.3, 0.4) is 0 Å². The Kier molecular flexibility index (Phi) is 8.28. The molecule has 1 atom stereocenters. The van der Waals surface area contributed by atoms with Gasteiger partial charge in [-0.3, -0.25) is 9.59 Å². The summed E-state index contributed by atoms with van der Waals surface area (Å²) in [6, 6.07) is 11.5. The van der Waals surface area contributed by atoms with Gasteiger partial charge in [0.05, 0.1) is 13.0 Å². The summed E-state index contributed by atoms with van der Waals surface area (Å²) in [7, 11) is 1.61. The van der Waals surface area contributed by atoms with Crippen LogP contribution in [0, 0.1) is 0 Å². The van der Waals surface area contributed by atoms with Gasteiger partial charge in [-0.1, -0.05) is 6.07 Å². The number of carbonyl (C=O) groups is 2. The van der Waals surface area contributed by atoms with E-state index in [1.54, 1.807) is 30.6 Å². The highest BCUT2D eigenvalue weighted by molar-refractivity contribution is 7.09. The van der Waals surface area contributed by atoms with Crippen LogP contribution in [0.15, 0.2) is 41.8 Å². The fourth-order valence-electron chi connectivity index (χ4n) is 3.54. The van der Waals surface area contributed by atoms with E-state index in [0.29, 0.717) is 31.7 Å². The molecule has 2 heterocycles. The quantitative estimate of drug-likeness (QED) is 0.661. The van der Waals surface area contributed by atoms with Crippen LogP contribution in [0.25, 0.3) is 0 Å². The van der Waals surface area contributed by atoms with Gasteiger partial charge in [0.25, 0.3) is 5.91 Å². The first-order valence-electron chi connectivity index (χ1n) is 10.4. The number of ether oxygens (including phenoxy) is 2. The molecule has 2 amide bonds. The first-order chi connectivity index (χ1) is 14.5. The molecule has 0 spiro atoms. The van der Waals surface area contributed by atoms with Gasteiger partial charge in [-0.25, -0.2) is 0 Å². The first-order valence-corrected chi connectivity index (χ1v) is 11.3. The Morgan fingerprint density at radius 3 is 2.57 bits per heavy atom. The largest absolute Gasteiger partial charge is 0.490 e. The lowest BCUT2D eigenvalue weighted by Gasteiger charge is -2.32. The molecule has 0 aliphatic carbocycles. The van der Waals surface area contributed by atoms with E-state index in [1.165, 1.54) is 4.88 Å². The van der Waals surface area contributed by atoms with Gasteiger partial charge in [0.15, 0.2) is 0 Å². The second-order valence-corrected chi connectivity index (χ2v) is 8.66. The maximum absolute atomic E-state index is 12.5. The normalized spacial score (nSPS) is 15.6. The van der Waals surface area contributed by atoms with Crippen molar-refractivity contribution in [2.45, 2.75) is 44.8 Å². The predicted octanol–water partition coefficient (Wildman–Crippen LogP) is 3.52. The number of piperidine rings is 1. The molecule has 0 unspecified atom stereocenters. The molecule has 0 saturated carbocycles. The van der Waals surface area contributed by atoms with Crippen LogP contribution >= 0.6 is 11.3 Å².